The lowest BCUT2D eigenvalue weighted by atomic mass is 9.93. The van der Waals surface area contributed by atoms with Crippen LogP contribution < -0.4 is 4.74 Å². The number of carbonyl (C=O) groups is 1. The van der Waals surface area contributed by atoms with E-state index in [1.807, 2.05) is 48.5 Å². The first-order valence-electron chi connectivity index (χ1n) is 9.11. The summed E-state index contributed by atoms with van der Waals surface area (Å²) in [6.45, 7) is 5.82. The topological polar surface area (TPSA) is 53.4 Å². The third kappa shape index (κ3) is 4.32. The summed E-state index contributed by atoms with van der Waals surface area (Å²) in [7, 11) is 1.58. The Hall–Kier alpha value is -3.29. The van der Waals surface area contributed by atoms with E-state index in [0.29, 0.717) is 11.4 Å². The molecule has 0 fully saturated rings. The number of aromatic nitrogens is 2. The highest BCUT2D eigenvalue weighted by Crippen LogP contribution is 2.33. The van der Waals surface area contributed by atoms with Crippen LogP contribution in [0.1, 0.15) is 13.8 Å². The van der Waals surface area contributed by atoms with Crippen LogP contribution in [-0.2, 0) is 16.1 Å². The Morgan fingerprint density at radius 3 is 2.33 bits per heavy atom. The second kappa shape index (κ2) is 7.85. The van der Waals surface area contributed by atoms with Crippen molar-refractivity contribution in [3.05, 3.63) is 60.9 Å². The number of fused-ring (bicyclic) bond motifs is 1. The lowest BCUT2D eigenvalue weighted by Crippen LogP contribution is -2.33. The quantitative estimate of drug-likeness (QED) is 0.400. The van der Waals surface area contributed by atoms with Gasteiger partial charge in [0, 0.05) is 10.9 Å². The van der Waals surface area contributed by atoms with E-state index in [9.17, 15) is 18.0 Å². The minimum absolute atomic E-state index is 0.0215. The number of alkyl halides is 3. The van der Waals surface area contributed by atoms with E-state index in [1.165, 1.54) is 13.8 Å². The summed E-state index contributed by atoms with van der Waals surface area (Å²) < 4.78 is 49.3. The Labute approximate surface area is 171 Å². The van der Waals surface area contributed by atoms with Gasteiger partial charge >= 0.3 is 12.1 Å². The van der Waals surface area contributed by atoms with Gasteiger partial charge in [-0.15, -0.1) is 0 Å². The maximum atomic E-state index is 12.7. The third-order valence-electron chi connectivity index (χ3n) is 4.65. The summed E-state index contributed by atoms with van der Waals surface area (Å²) in [5.74, 6) is -1.86. The molecule has 0 radical (unpaired) electrons. The number of methoxy groups -OCH3 is 1. The SMILES string of the molecule is C=C(OC(=O)C(C)(C)Cn1nc(-c2ccc(OC)cc2)c2ccccc21)C(F)(F)F. The van der Waals surface area contributed by atoms with E-state index in [2.05, 4.69) is 16.4 Å². The van der Waals surface area contributed by atoms with Gasteiger partial charge in [-0.3, -0.25) is 9.48 Å². The number of ether oxygens (including phenoxy) is 2. The predicted octanol–water partition coefficient (Wildman–Crippen LogP) is 5.36. The monoisotopic (exact) mass is 418 g/mol. The zero-order chi connectivity index (χ0) is 22.1. The summed E-state index contributed by atoms with van der Waals surface area (Å²) in [6, 6.07) is 14.8. The highest BCUT2D eigenvalue weighted by molar-refractivity contribution is 5.93. The zero-order valence-corrected chi connectivity index (χ0v) is 16.8. The molecule has 3 aromatic rings. The van der Waals surface area contributed by atoms with Gasteiger partial charge in [-0.1, -0.05) is 24.8 Å². The van der Waals surface area contributed by atoms with Crippen molar-refractivity contribution in [2.45, 2.75) is 26.6 Å². The molecular weight excluding hydrogens is 397 g/mol. The number of esters is 1. The summed E-state index contributed by atoms with van der Waals surface area (Å²) in [5, 5.41) is 5.49. The molecule has 5 nitrogen and oxygen atoms in total. The maximum absolute atomic E-state index is 12.7. The normalized spacial score (nSPS) is 12.1. The highest BCUT2D eigenvalue weighted by atomic mass is 19.4. The summed E-state index contributed by atoms with van der Waals surface area (Å²) in [6.07, 6.45) is -4.80. The number of benzene rings is 2. The van der Waals surface area contributed by atoms with Gasteiger partial charge in [0.05, 0.1) is 24.6 Å². The molecule has 158 valence electrons. The molecule has 0 saturated carbocycles. The van der Waals surface area contributed by atoms with Gasteiger partial charge in [0.1, 0.15) is 11.4 Å². The molecule has 0 amide bonds. The van der Waals surface area contributed by atoms with Crippen molar-refractivity contribution in [2.24, 2.45) is 5.41 Å². The van der Waals surface area contributed by atoms with E-state index in [4.69, 9.17) is 4.74 Å². The Morgan fingerprint density at radius 1 is 1.10 bits per heavy atom. The van der Waals surface area contributed by atoms with Gasteiger partial charge in [0.25, 0.3) is 0 Å². The molecule has 3 rings (SSSR count). The molecule has 2 aromatic carbocycles. The number of rotatable bonds is 6. The molecule has 1 aromatic heterocycles. The average molecular weight is 418 g/mol. The number of hydrogen-bond donors (Lipinski definition) is 0. The van der Waals surface area contributed by atoms with E-state index >= 15 is 0 Å². The highest BCUT2D eigenvalue weighted by Gasteiger charge is 2.39. The summed E-state index contributed by atoms with van der Waals surface area (Å²) in [4.78, 5) is 12.4. The van der Waals surface area contributed by atoms with Gasteiger partial charge < -0.3 is 9.47 Å². The summed E-state index contributed by atoms with van der Waals surface area (Å²) in [5.41, 5.74) is 1.01. The lowest BCUT2D eigenvalue weighted by Gasteiger charge is -2.23. The van der Waals surface area contributed by atoms with E-state index in [-0.39, 0.29) is 6.54 Å². The van der Waals surface area contributed by atoms with Gasteiger partial charge in [0.15, 0.2) is 0 Å². The molecule has 0 spiro atoms. The number of allylic oxidation sites excluding steroid dienone is 1. The van der Waals surface area contributed by atoms with Crippen molar-refractivity contribution >= 4 is 16.9 Å². The van der Waals surface area contributed by atoms with Crippen LogP contribution in [0.25, 0.3) is 22.2 Å². The predicted molar refractivity (Wildman–Crippen MR) is 107 cm³/mol. The minimum Gasteiger partial charge on any atom is -0.497 e. The van der Waals surface area contributed by atoms with E-state index in [1.54, 1.807) is 11.8 Å². The van der Waals surface area contributed by atoms with Gasteiger partial charge in [-0.2, -0.15) is 18.3 Å². The lowest BCUT2D eigenvalue weighted by molar-refractivity contribution is -0.168. The second-order valence-electron chi connectivity index (χ2n) is 7.45. The van der Waals surface area contributed by atoms with Crippen molar-refractivity contribution in [1.82, 2.24) is 9.78 Å². The van der Waals surface area contributed by atoms with Crippen LogP contribution in [0.4, 0.5) is 13.2 Å². The molecule has 0 aliphatic heterocycles. The average Bonchev–Trinajstić information content (AvgIpc) is 3.05. The fraction of sp³-hybridized carbons (Fsp3) is 0.273. The first kappa shape index (κ1) is 21.4. The molecule has 0 unspecified atom stereocenters. The fourth-order valence-corrected chi connectivity index (χ4v) is 2.96. The molecule has 1 heterocycles. The smallest absolute Gasteiger partial charge is 0.449 e. The Kier molecular flexibility index (Phi) is 5.61. The van der Waals surface area contributed by atoms with Crippen LogP contribution in [0.5, 0.6) is 5.75 Å². The molecule has 30 heavy (non-hydrogen) atoms. The number of para-hydroxylation sites is 1. The Morgan fingerprint density at radius 2 is 1.73 bits per heavy atom. The van der Waals surface area contributed by atoms with Crippen LogP contribution in [0, 0.1) is 5.41 Å². The number of hydrogen-bond acceptors (Lipinski definition) is 4. The van der Waals surface area contributed by atoms with Crippen LogP contribution in [0.3, 0.4) is 0 Å². The fourth-order valence-electron chi connectivity index (χ4n) is 2.96. The largest absolute Gasteiger partial charge is 0.497 e. The first-order valence-corrected chi connectivity index (χ1v) is 9.11. The van der Waals surface area contributed by atoms with Crippen molar-refractivity contribution < 1.29 is 27.4 Å². The van der Waals surface area contributed by atoms with Crippen molar-refractivity contribution in [3.63, 3.8) is 0 Å². The molecule has 0 aliphatic rings. The van der Waals surface area contributed by atoms with Crippen LogP contribution in [-0.4, -0.2) is 29.0 Å². The van der Waals surface area contributed by atoms with Gasteiger partial charge in [-0.05, 0) is 44.2 Å². The molecular formula is C22H21F3N2O3. The molecule has 0 N–H and O–H groups in total. The van der Waals surface area contributed by atoms with Crippen LogP contribution >= 0.6 is 0 Å². The second-order valence-corrected chi connectivity index (χ2v) is 7.45. The Bertz CT molecular complexity index is 1080. The van der Waals surface area contributed by atoms with Crippen LogP contribution in [0.2, 0.25) is 0 Å². The van der Waals surface area contributed by atoms with Crippen molar-refractivity contribution in [1.29, 1.82) is 0 Å². The maximum Gasteiger partial charge on any atom is 0.449 e. The first-order chi connectivity index (χ1) is 14.0. The number of carbonyl (C=O) groups excluding carboxylic acids is 1. The molecule has 0 atom stereocenters. The molecule has 0 bridgehead atoms. The number of nitrogens with zero attached hydrogens (tertiary/aromatic N) is 2. The van der Waals surface area contributed by atoms with Crippen molar-refractivity contribution in [3.8, 4) is 17.0 Å². The minimum atomic E-state index is -4.80. The standard InChI is InChI=1S/C22H21F3N2O3/c1-14(22(23,24)25)30-20(28)21(2,3)13-27-18-8-6-5-7-17(18)19(26-27)15-9-11-16(29-4)12-10-15/h5-12H,1,13H2,2-4H3. The van der Waals surface area contributed by atoms with E-state index in [0.717, 1.165) is 16.5 Å². The Balaban J connectivity index is 1.94. The molecule has 0 aliphatic carbocycles. The van der Waals surface area contributed by atoms with Gasteiger partial charge in [0.2, 0.25) is 5.76 Å². The van der Waals surface area contributed by atoms with E-state index < -0.39 is 23.3 Å². The van der Waals surface area contributed by atoms with Crippen molar-refractivity contribution in [2.75, 3.05) is 7.11 Å². The van der Waals surface area contributed by atoms with Gasteiger partial charge in [-0.25, -0.2) is 0 Å². The number of halogens is 3. The molecule has 8 heteroatoms. The summed E-state index contributed by atoms with van der Waals surface area (Å²) >= 11 is 0. The molecule has 0 saturated heterocycles. The van der Waals surface area contributed by atoms with Crippen LogP contribution in [0.15, 0.2) is 60.9 Å². The zero-order valence-electron chi connectivity index (χ0n) is 16.8. The third-order valence-corrected chi connectivity index (χ3v) is 4.65.